The Bertz CT molecular complexity index is 549. The summed E-state index contributed by atoms with van der Waals surface area (Å²) in [5.41, 5.74) is 1.10. The Labute approximate surface area is 108 Å². The Kier molecular flexibility index (Phi) is 2.72. The highest BCUT2D eigenvalue weighted by Crippen LogP contribution is 2.29. The van der Waals surface area contributed by atoms with E-state index in [1.165, 1.54) is 0 Å². The average Bonchev–Trinajstić information content (AvgIpc) is 2.75. The van der Waals surface area contributed by atoms with Crippen LogP contribution in [-0.4, -0.2) is 21.3 Å². The second kappa shape index (κ2) is 4.23. The summed E-state index contributed by atoms with van der Waals surface area (Å²) in [7, 11) is 0. The zero-order chi connectivity index (χ0) is 11.8. The Morgan fingerprint density at radius 1 is 1.35 bits per heavy atom. The summed E-state index contributed by atoms with van der Waals surface area (Å²) in [4.78, 5) is 0. The molecular formula is C12H13BrN4. The minimum Gasteiger partial charge on any atom is -0.308 e. The first-order valence-corrected chi connectivity index (χ1v) is 6.48. The van der Waals surface area contributed by atoms with Crippen molar-refractivity contribution in [3.8, 4) is 11.4 Å². The van der Waals surface area contributed by atoms with Gasteiger partial charge in [-0.1, -0.05) is 34.1 Å². The van der Waals surface area contributed by atoms with Gasteiger partial charge < -0.3 is 9.88 Å². The maximum atomic E-state index is 4.32. The van der Waals surface area contributed by atoms with E-state index in [9.17, 15) is 0 Å². The summed E-state index contributed by atoms with van der Waals surface area (Å²) >= 11 is 3.56. The second-order valence-corrected chi connectivity index (χ2v) is 5.04. The first kappa shape index (κ1) is 10.9. The van der Waals surface area contributed by atoms with E-state index in [1.54, 1.807) is 0 Å². The van der Waals surface area contributed by atoms with Crippen LogP contribution in [-0.2, 0) is 6.54 Å². The number of benzene rings is 1. The molecule has 2 aromatic rings. The number of hydrogen-bond acceptors (Lipinski definition) is 3. The van der Waals surface area contributed by atoms with Crippen molar-refractivity contribution in [2.75, 3.05) is 6.54 Å². The van der Waals surface area contributed by atoms with Gasteiger partial charge in [0, 0.05) is 23.1 Å². The zero-order valence-electron chi connectivity index (χ0n) is 9.52. The number of nitrogens with one attached hydrogen (secondary N) is 1. The van der Waals surface area contributed by atoms with Crippen molar-refractivity contribution in [2.45, 2.75) is 19.5 Å². The van der Waals surface area contributed by atoms with Crippen molar-refractivity contribution < 1.29 is 0 Å². The molecule has 1 N–H and O–H groups in total. The Morgan fingerprint density at radius 3 is 3.00 bits per heavy atom. The smallest absolute Gasteiger partial charge is 0.165 e. The van der Waals surface area contributed by atoms with E-state index >= 15 is 0 Å². The van der Waals surface area contributed by atoms with Crippen LogP contribution in [0.15, 0.2) is 28.7 Å². The molecule has 1 aliphatic rings. The van der Waals surface area contributed by atoms with Gasteiger partial charge in [-0.2, -0.15) is 0 Å². The van der Waals surface area contributed by atoms with E-state index in [0.29, 0.717) is 0 Å². The van der Waals surface area contributed by atoms with E-state index in [2.05, 4.69) is 49.0 Å². The summed E-state index contributed by atoms with van der Waals surface area (Å²) < 4.78 is 3.25. The largest absolute Gasteiger partial charge is 0.308 e. The maximum absolute atomic E-state index is 4.32. The molecule has 0 aliphatic carbocycles. The fourth-order valence-electron chi connectivity index (χ4n) is 2.18. The van der Waals surface area contributed by atoms with Gasteiger partial charge in [-0.25, -0.2) is 0 Å². The molecule has 88 valence electrons. The third-order valence-corrected chi connectivity index (χ3v) is 3.76. The van der Waals surface area contributed by atoms with Crippen LogP contribution in [0, 0.1) is 0 Å². The lowest BCUT2D eigenvalue weighted by Gasteiger charge is -2.22. The van der Waals surface area contributed by atoms with Crippen molar-refractivity contribution >= 4 is 15.9 Å². The fraction of sp³-hybridized carbons (Fsp3) is 0.333. The fourth-order valence-corrected chi connectivity index (χ4v) is 2.64. The molecule has 0 bridgehead atoms. The van der Waals surface area contributed by atoms with Crippen LogP contribution in [0.4, 0.5) is 0 Å². The maximum Gasteiger partial charge on any atom is 0.165 e. The SMILES string of the molecule is CC1NCCn2c(-c3ccccc3Br)nnc21. The topological polar surface area (TPSA) is 42.7 Å². The number of halogens is 1. The van der Waals surface area contributed by atoms with Crippen molar-refractivity contribution in [3.05, 3.63) is 34.6 Å². The zero-order valence-corrected chi connectivity index (χ0v) is 11.1. The van der Waals surface area contributed by atoms with Gasteiger partial charge in [-0.05, 0) is 13.0 Å². The van der Waals surface area contributed by atoms with Crippen LogP contribution in [0.5, 0.6) is 0 Å². The number of rotatable bonds is 1. The molecule has 0 amide bonds. The monoisotopic (exact) mass is 292 g/mol. The van der Waals surface area contributed by atoms with Gasteiger partial charge in [0.2, 0.25) is 0 Å². The van der Waals surface area contributed by atoms with Gasteiger partial charge in [-0.3, -0.25) is 0 Å². The van der Waals surface area contributed by atoms with Crippen molar-refractivity contribution in [2.24, 2.45) is 0 Å². The van der Waals surface area contributed by atoms with Gasteiger partial charge in [-0.15, -0.1) is 10.2 Å². The summed E-state index contributed by atoms with van der Waals surface area (Å²) in [6.07, 6.45) is 0. The molecule has 0 saturated carbocycles. The average molecular weight is 293 g/mol. The van der Waals surface area contributed by atoms with Crippen molar-refractivity contribution in [1.82, 2.24) is 20.1 Å². The Hall–Kier alpha value is -1.20. The highest BCUT2D eigenvalue weighted by Gasteiger charge is 2.22. The molecule has 1 aliphatic heterocycles. The highest BCUT2D eigenvalue weighted by molar-refractivity contribution is 9.10. The van der Waals surface area contributed by atoms with Gasteiger partial charge in [0.05, 0.1) is 6.04 Å². The molecule has 3 rings (SSSR count). The lowest BCUT2D eigenvalue weighted by atomic mass is 10.2. The molecule has 5 heteroatoms. The molecule has 0 spiro atoms. The van der Waals surface area contributed by atoms with Gasteiger partial charge in [0.1, 0.15) is 5.82 Å². The van der Waals surface area contributed by atoms with Crippen molar-refractivity contribution in [1.29, 1.82) is 0 Å². The van der Waals surface area contributed by atoms with E-state index in [0.717, 1.165) is 34.8 Å². The number of aromatic nitrogens is 3. The summed E-state index contributed by atoms with van der Waals surface area (Å²) in [5.74, 6) is 1.96. The molecule has 1 unspecified atom stereocenters. The molecule has 1 atom stereocenters. The first-order chi connectivity index (χ1) is 8.27. The van der Waals surface area contributed by atoms with Crippen LogP contribution in [0.1, 0.15) is 18.8 Å². The van der Waals surface area contributed by atoms with E-state index in [-0.39, 0.29) is 6.04 Å². The predicted octanol–water partition coefficient (Wildman–Crippen LogP) is 2.37. The number of hydrogen-bond donors (Lipinski definition) is 1. The van der Waals surface area contributed by atoms with Crippen LogP contribution in [0.3, 0.4) is 0 Å². The molecule has 0 saturated heterocycles. The molecule has 0 fully saturated rings. The molecule has 1 aromatic heterocycles. The van der Waals surface area contributed by atoms with Crippen LogP contribution in [0.25, 0.3) is 11.4 Å². The van der Waals surface area contributed by atoms with Gasteiger partial charge in [0.25, 0.3) is 0 Å². The molecule has 4 nitrogen and oxygen atoms in total. The van der Waals surface area contributed by atoms with Crippen LogP contribution in [0.2, 0.25) is 0 Å². The summed E-state index contributed by atoms with van der Waals surface area (Å²) in [5, 5.41) is 12.0. The van der Waals surface area contributed by atoms with Gasteiger partial charge >= 0.3 is 0 Å². The predicted molar refractivity (Wildman–Crippen MR) is 69.6 cm³/mol. The third kappa shape index (κ3) is 1.79. The van der Waals surface area contributed by atoms with Crippen molar-refractivity contribution in [3.63, 3.8) is 0 Å². The molecule has 2 heterocycles. The normalized spacial score (nSPS) is 19.1. The van der Waals surface area contributed by atoms with Crippen LogP contribution >= 0.6 is 15.9 Å². The number of nitrogens with zero attached hydrogens (tertiary/aromatic N) is 3. The van der Waals surface area contributed by atoms with E-state index < -0.39 is 0 Å². The third-order valence-electron chi connectivity index (χ3n) is 3.07. The Balaban J connectivity index is 2.14. The minimum atomic E-state index is 0.271. The van der Waals surface area contributed by atoms with Crippen LogP contribution < -0.4 is 5.32 Å². The van der Waals surface area contributed by atoms with E-state index in [4.69, 9.17) is 0 Å². The molecule has 0 radical (unpaired) electrons. The highest BCUT2D eigenvalue weighted by atomic mass is 79.9. The standard InChI is InChI=1S/C12H13BrN4/c1-8-11-15-16-12(17(11)7-6-14-8)9-4-2-3-5-10(9)13/h2-5,8,14H,6-7H2,1H3. The Morgan fingerprint density at radius 2 is 2.18 bits per heavy atom. The first-order valence-electron chi connectivity index (χ1n) is 5.69. The molecular weight excluding hydrogens is 280 g/mol. The second-order valence-electron chi connectivity index (χ2n) is 4.19. The summed E-state index contributed by atoms with van der Waals surface area (Å²) in [6, 6.07) is 8.39. The quantitative estimate of drug-likeness (QED) is 0.878. The number of fused-ring (bicyclic) bond motifs is 1. The molecule has 17 heavy (non-hydrogen) atoms. The molecule has 1 aromatic carbocycles. The minimum absolute atomic E-state index is 0.271. The lowest BCUT2D eigenvalue weighted by molar-refractivity contribution is 0.439. The van der Waals surface area contributed by atoms with Gasteiger partial charge in [0.15, 0.2) is 5.82 Å². The lowest BCUT2D eigenvalue weighted by Crippen LogP contribution is -2.32. The van der Waals surface area contributed by atoms with E-state index in [1.807, 2.05) is 18.2 Å². The summed E-state index contributed by atoms with van der Waals surface area (Å²) in [6.45, 7) is 4.00.